The van der Waals surface area contributed by atoms with Gasteiger partial charge in [0.15, 0.2) is 0 Å². The van der Waals surface area contributed by atoms with Gasteiger partial charge in [0.25, 0.3) is 0 Å². The van der Waals surface area contributed by atoms with Crippen molar-refractivity contribution < 1.29 is 9.53 Å². The summed E-state index contributed by atoms with van der Waals surface area (Å²) in [5, 5.41) is 3.04. The molecule has 0 aliphatic heterocycles. The molecule has 2 rings (SSSR count). The number of aromatic nitrogens is 1. The van der Waals surface area contributed by atoms with Crippen LogP contribution in [0.4, 0.5) is 5.69 Å². The van der Waals surface area contributed by atoms with E-state index in [-0.39, 0.29) is 5.91 Å². The van der Waals surface area contributed by atoms with E-state index in [1.165, 1.54) is 0 Å². The first-order valence-corrected chi connectivity index (χ1v) is 5.93. The van der Waals surface area contributed by atoms with Crippen LogP contribution in [0.2, 0.25) is 0 Å². The van der Waals surface area contributed by atoms with Crippen molar-refractivity contribution in [3.63, 3.8) is 0 Å². The number of methoxy groups -OCH3 is 1. The van der Waals surface area contributed by atoms with E-state index in [9.17, 15) is 4.79 Å². The Morgan fingerprint density at radius 1 is 1.50 bits per heavy atom. The van der Waals surface area contributed by atoms with Crippen molar-refractivity contribution in [3.05, 3.63) is 30.5 Å². The largest absolute Gasteiger partial charge is 0.497 e. The van der Waals surface area contributed by atoms with E-state index in [0.29, 0.717) is 17.0 Å². The molecule has 2 aromatic rings. The minimum absolute atomic E-state index is 0.267. The first-order valence-electron chi connectivity index (χ1n) is 5.49. The van der Waals surface area contributed by atoms with Crippen LogP contribution in [0.15, 0.2) is 30.5 Å². The number of fused-ring (bicyclic) bond motifs is 1. The molecular weight excluding hydrogens is 252 g/mol. The minimum Gasteiger partial charge on any atom is -0.497 e. The van der Waals surface area contributed by atoms with Gasteiger partial charge in [-0.05, 0) is 19.1 Å². The number of carbonyl (C=O) groups is 1. The lowest BCUT2D eigenvalue weighted by molar-refractivity contribution is -0.115. The summed E-state index contributed by atoms with van der Waals surface area (Å²) in [6.45, 7) is 1.62. The lowest BCUT2D eigenvalue weighted by Crippen LogP contribution is -2.20. The molecule has 18 heavy (non-hydrogen) atoms. The first kappa shape index (κ1) is 12.6. The molecule has 1 amide bonds. The maximum atomic E-state index is 11.6. The molecule has 0 saturated heterocycles. The number of pyridine rings is 1. The number of hydrogen-bond acceptors (Lipinski definition) is 3. The zero-order valence-electron chi connectivity index (χ0n) is 10.1. The molecule has 1 N–H and O–H groups in total. The standard InChI is InChI=1S/C13H13ClN2O2/c1-8(14)13(17)16-11-7-10(18-2)6-9-4-3-5-15-12(9)11/h3-8H,1-2H3,(H,16,17). The molecule has 0 radical (unpaired) electrons. The zero-order chi connectivity index (χ0) is 13.1. The Morgan fingerprint density at radius 2 is 2.28 bits per heavy atom. The topological polar surface area (TPSA) is 51.2 Å². The van der Waals surface area contributed by atoms with E-state index >= 15 is 0 Å². The quantitative estimate of drug-likeness (QED) is 0.868. The summed E-state index contributed by atoms with van der Waals surface area (Å²) in [4.78, 5) is 15.9. The molecule has 1 unspecified atom stereocenters. The van der Waals surface area contributed by atoms with Crippen LogP contribution >= 0.6 is 11.6 Å². The van der Waals surface area contributed by atoms with E-state index in [1.54, 1.807) is 26.3 Å². The van der Waals surface area contributed by atoms with Gasteiger partial charge in [-0.2, -0.15) is 0 Å². The van der Waals surface area contributed by atoms with Gasteiger partial charge in [0.2, 0.25) is 5.91 Å². The third kappa shape index (κ3) is 2.54. The monoisotopic (exact) mass is 264 g/mol. The predicted molar refractivity (Wildman–Crippen MR) is 72.2 cm³/mol. The number of alkyl halides is 1. The molecule has 0 aliphatic rings. The number of hydrogen-bond donors (Lipinski definition) is 1. The highest BCUT2D eigenvalue weighted by molar-refractivity contribution is 6.32. The Balaban J connectivity index is 2.50. The normalized spacial score (nSPS) is 12.2. The van der Waals surface area contributed by atoms with E-state index in [4.69, 9.17) is 16.3 Å². The first-order chi connectivity index (χ1) is 8.61. The highest BCUT2D eigenvalue weighted by Gasteiger charge is 2.12. The number of nitrogens with zero attached hydrogens (tertiary/aromatic N) is 1. The average Bonchev–Trinajstić information content (AvgIpc) is 2.38. The number of rotatable bonds is 3. The molecule has 1 aromatic carbocycles. The Labute approximate surface area is 110 Å². The third-order valence-corrected chi connectivity index (χ3v) is 2.73. The van der Waals surface area contributed by atoms with E-state index in [2.05, 4.69) is 10.3 Å². The smallest absolute Gasteiger partial charge is 0.242 e. The van der Waals surface area contributed by atoms with Crippen molar-refractivity contribution in [2.75, 3.05) is 12.4 Å². The Hall–Kier alpha value is -1.81. The second-order valence-corrected chi connectivity index (χ2v) is 4.51. The highest BCUT2D eigenvalue weighted by Crippen LogP contribution is 2.27. The number of anilines is 1. The molecule has 1 atom stereocenters. The van der Waals surface area contributed by atoms with Crippen molar-refractivity contribution in [2.24, 2.45) is 0 Å². The van der Waals surface area contributed by atoms with E-state index in [1.807, 2.05) is 18.2 Å². The van der Waals surface area contributed by atoms with Gasteiger partial charge in [-0.25, -0.2) is 0 Å². The van der Waals surface area contributed by atoms with Gasteiger partial charge in [0.1, 0.15) is 11.1 Å². The lowest BCUT2D eigenvalue weighted by atomic mass is 10.1. The van der Waals surface area contributed by atoms with Crippen LogP contribution in [0.25, 0.3) is 10.9 Å². The average molecular weight is 265 g/mol. The van der Waals surface area contributed by atoms with Gasteiger partial charge < -0.3 is 10.1 Å². The molecule has 1 heterocycles. The summed E-state index contributed by atoms with van der Waals surface area (Å²) in [6, 6.07) is 7.33. The van der Waals surface area contributed by atoms with Crippen molar-refractivity contribution in [2.45, 2.75) is 12.3 Å². The maximum absolute atomic E-state index is 11.6. The summed E-state index contributed by atoms with van der Waals surface area (Å²) < 4.78 is 5.19. The van der Waals surface area contributed by atoms with Crippen LogP contribution < -0.4 is 10.1 Å². The fraction of sp³-hybridized carbons (Fsp3) is 0.231. The van der Waals surface area contributed by atoms with Crippen LogP contribution in [0.1, 0.15) is 6.92 Å². The zero-order valence-corrected chi connectivity index (χ0v) is 10.9. The number of ether oxygens (including phenoxy) is 1. The predicted octanol–water partition coefficient (Wildman–Crippen LogP) is 2.81. The summed E-state index contributed by atoms with van der Waals surface area (Å²) in [5.74, 6) is 0.393. The molecule has 0 spiro atoms. The minimum atomic E-state index is -0.602. The number of nitrogens with one attached hydrogen (secondary N) is 1. The fourth-order valence-electron chi connectivity index (χ4n) is 1.61. The molecular formula is C13H13ClN2O2. The van der Waals surface area contributed by atoms with Crippen molar-refractivity contribution in [1.82, 2.24) is 4.98 Å². The van der Waals surface area contributed by atoms with Crippen LogP contribution in [0.3, 0.4) is 0 Å². The van der Waals surface area contributed by atoms with Gasteiger partial charge >= 0.3 is 0 Å². The highest BCUT2D eigenvalue weighted by atomic mass is 35.5. The summed E-state index contributed by atoms with van der Waals surface area (Å²) in [6.07, 6.45) is 1.68. The maximum Gasteiger partial charge on any atom is 0.242 e. The second-order valence-electron chi connectivity index (χ2n) is 3.86. The van der Waals surface area contributed by atoms with Gasteiger partial charge in [-0.15, -0.1) is 11.6 Å². The van der Waals surface area contributed by atoms with Crippen molar-refractivity contribution in [3.8, 4) is 5.75 Å². The van der Waals surface area contributed by atoms with Crippen LogP contribution in [-0.4, -0.2) is 23.4 Å². The Bertz CT molecular complexity index is 584. The molecule has 0 bridgehead atoms. The van der Waals surface area contributed by atoms with Crippen molar-refractivity contribution >= 4 is 34.1 Å². The van der Waals surface area contributed by atoms with E-state index < -0.39 is 5.38 Å². The van der Waals surface area contributed by atoms with Gasteiger partial charge in [-0.1, -0.05) is 6.07 Å². The number of benzene rings is 1. The van der Waals surface area contributed by atoms with Crippen LogP contribution in [-0.2, 0) is 4.79 Å². The Morgan fingerprint density at radius 3 is 2.94 bits per heavy atom. The second kappa shape index (κ2) is 5.23. The fourth-order valence-corrected chi connectivity index (χ4v) is 1.66. The number of carbonyl (C=O) groups excluding carboxylic acids is 1. The summed E-state index contributed by atoms with van der Waals surface area (Å²) in [7, 11) is 1.58. The SMILES string of the molecule is COc1cc(NC(=O)C(C)Cl)c2ncccc2c1. The Kier molecular flexibility index (Phi) is 3.67. The number of halogens is 1. The molecule has 0 fully saturated rings. The van der Waals surface area contributed by atoms with Crippen LogP contribution in [0.5, 0.6) is 5.75 Å². The molecule has 0 saturated carbocycles. The van der Waals surface area contributed by atoms with Gasteiger partial charge in [0, 0.05) is 17.6 Å². The van der Waals surface area contributed by atoms with Crippen molar-refractivity contribution in [1.29, 1.82) is 0 Å². The summed E-state index contributed by atoms with van der Waals surface area (Å²) >= 11 is 5.74. The third-order valence-electron chi connectivity index (χ3n) is 2.53. The van der Waals surface area contributed by atoms with E-state index in [0.717, 1.165) is 5.39 Å². The molecule has 4 nitrogen and oxygen atoms in total. The lowest BCUT2D eigenvalue weighted by Gasteiger charge is -2.11. The van der Waals surface area contributed by atoms with Gasteiger partial charge in [-0.3, -0.25) is 9.78 Å². The summed E-state index contributed by atoms with van der Waals surface area (Å²) in [5.41, 5.74) is 1.31. The number of amides is 1. The molecule has 0 aliphatic carbocycles. The molecule has 1 aromatic heterocycles. The van der Waals surface area contributed by atoms with Crippen LogP contribution in [0, 0.1) is 0 Å². The molecule has 94 valence electrons. The molecule has 5 heteroatoms. The van der Waals surface area contributed by atoms with Gasteiger partial charge in [0.05, 0.1) is 18.3 Å².